The molecule has 4 nitrogen and oxygen atoms in total. The van der Waals surface area contributed by atoms with Gasteiger partial charge in [0.05, 0.1) is 19.6 Å². The Bertz CT molecular complexity index is 437. The van der Waals surface area contributed by atoms with Gasteiger partial charge in [-0.3, -0.25) is 4.79 Å². The van der Waals surface area contributed by atoms with Gasteiger partial charge in [-0.2, -0.15) is 0 Å². The molecular weight excluding hydrogens is 232 g/mol. The van der Waals surface area contributed by atoms with Crippen LogP contribution in [0.5, 0.6) is 11.5 Å². The second-order valence-electron chi connectivity index (χ2n) is 4.69. The Morgan fingerprint density at radius 2 is 2.22 bits per heavy atom. The number of benzene rings is 1. The van der Waals surface area contributed by atoms with Crippen LogP contribution in [0.15, 0.2) is 18.2 Å². The number of rotatable bonds is 6. The highest BCUT2D eigenvalue weighted by molar-refractivity contribution is 5.77. The van der Waals surface area contributed by atoms with Crippen LogP contribution in [0.1, 0.15) is 31.2 Å². The van der Waals surface area contributed by atoms with E-state index in [1.807, 2.05) is 0 Å². The first kappa shape index (κ1) is 12.7. The van der Waals surface area contributed by atoms with E-state index in [2.05, 4.69) is 0 Å². The second-order valence-corrected chi connectivity index (χ2v) is 4.69. The van der Waals surface area contributed by atoms with E-state index in [4.69, 9.17) is 14.6 Å². The largest absolute Gasteiger partial charge is 0.493 e. The van der Waals surface area contributed by atoms with E-state index in [1.165, 1.54) is 12.8 Å². The smallest absolute Gasteiger partial charge is 0.310 e. The van der Waals surface area contributed by atoms with Crippen molar-refractivity contribution >= 4 is 5.97 Å². The van der Waals surface area contributed by atoms with Crippen LogP contribution >= 0.6 is 0 Å². The van der Waals surface area contributed by atoms with Crippen LogP contribution < -0.4 is 9.47 Å². The van der Waals surface area contributed by atoms with Crippen LogP contribution in [0, 0.1) is 5.92 Å². The average molecular weight is 250 g/mol. The molecule has 1 fully saturated rings. The van der Waals surface area contributed by atoms with Crippen molar-refractivity contribution in [1.82, 2.24) is 0 Å². The van der Waals surface area contributed by atoms with Gasteiger partial charge in [-0.05, 0) is 31.7 Å². The molecule has 1 aromatic carbocycles. The summed E-state index contributed by atoms with van der Waals surface area (Å²) in [5, 5.41) is 9.12. The molecule has 1 aromatic rings. The lowest BCUT2D eigenvalue weighted by Crippen LogP contribution is -2.11. The number of ether oxygens (including phenoxy) is 2. The summed E-state index contributed by atoms with van der Waals surface area (Å²) < 4.78 is 11.0. The number of carbonyl (C=O) groups is 1. The maximum atomic E-state index is 11.1. The van der Waals surface area contributed by atoms with Gasteiger partial charge in [0.2, 0.25) is 0 Å². The minimum absolute atomic E-state index is 0.571. The van der Waals surface area contributed by atoms with Crippen LogP contribution in [-0.4, -0.2) is 24.8 Å². The monoisotopic (exact) mass is 250 g/mol. The fraction of sp³-hybridized carbons (Fsp3) is 0.500. The highest BCUT2D eigenvalue weighted by Crippen LogP contribution is 2.38. The van der Waals surface area contributed by atoms with E-state index < -0.39 is 11.9 Å². The molecule has 0 aromatic heterocycles. The predicted octanol–water partition coefficient (Wildman–Crippen LogP) is 2.67. The van der Waals surface area contributed by atoms with E-state index >= 15 is 0 Å². The average Bonchev–Trinajstić information content (AvgIpc) is 3.18. The SMILES string of the molecule is COc1cccc(C(C)C(=O)O)c1OCC1CC1. The Hall–Kier alpha value is -1.71. The first-order chi connectivity index (χ1) is 8.63. The van der Waals surface area contributed by atoms with Gasteiger partial charge in [-0.25, -0.2) is 0 Å². The number of carboxylic acid groups (broad SMARTS) is 1. The number of carboxylic acids is 1. The molecule has 0 spiro atoms. The summed E-state index contributed by atoms with van der Waals surface area (Å²) >= 11 is 0. The summed E-state index contributed by atoms with van der Waals surface area (Å²) in [5.74, 6) is 0.319. The maximum Gasteiger partial charge on any atom is 0.310 e. The van der Waals surface area contributed by atoms with Gasteiger partial charge >= 0.3 is 5.97 Å². The van der Waals surface area contributed by atoms with Gasteiger partial charge in [0.15, 0.2) is 11.5 Å². The quantitative estimate of drug-likeness (QED) is 0.843. The molecule has 1 unspecified atom stereocenters. The second kappa shape index (κ2) is 5.29. The molecule has 0 aliphatic heterocycles. The van der Waals surface area contributed by atoms with Crippen LogP contribution in [0.2, 0.25) is 0 Å². The van der Waals surface area contributed by atoms with Crippen LogP contribution in [0.3, 0.4) is 0 Å². The maximum absolute atomic E-state index is 11.1. The summed E-state index contributed by atoms with van der Waals surface area (Å²) in [7, 11) is 1.56. The molecule has 0 amide bonds. The van der Waals surface area contributed by atoms with E-state index in [-0.39, 0.29) is 0 Å². The highest BCUT2D eigenvalue weighted by Gasteiger charge is 2.25. The third kappa shape index (κ3) is 2.75. The van der Waals surface area contributed by atoms with Crippen molar-refractivity contribution in [2.45, 2.75) is 25.7 Å². The Morgan fingerprint density at radius 3 is 2.78 bits per heavy atom. The number of para-hydroxylation sites is 1. The highest BCUT2D eigenvalue weighted by atomic mass is 16.5. The summed E-state index contributed by atoms with van der Waals surface area (Å²) in [6.07, 6.45) is 2.39. The minimum atomic E-state index is -0.862. The van der Waals surface area contributed by atoms with Crippen molar-refractivity contribution < 1.29 is 19.4 Å². The molecule has 1 N–H and O–H groups in total. The summed E-state index contributed by atoms with van der Waals surface area (Å²) in [6, 6.07) is 5.36. The van der Waals surface area contributed by atoms with E-state index in [0.717, 1.165) is 0 Å². The van der Waals surface area contributed by atoms with Gasteiger partial charge in [0.1, 0.15) is 0 Å². The molecule has 0 bridgehead atoms. The third-order valence-electron chi connectivity index (χ3n) is 3.23. The standard InChI is InChI=1S/C14H18O4/c1-9(14(15)16)11-4-3-5-12(17-2)13(11)18-8-10-6-7-10/h3-5,9-10H,6-8H2,1-2H3,(H,15,16). The molecule has 2 rings (SSSR count). The van der Waals surface area contributed by atoms with Crippen molar-refractivity contribution in [2.24, 2.45) is 5.92 Å². The number of aliphatic carboxylic acids is 1. The summed E-state index contributed by atoms with van der Waals surface area (Å²) in [6.45, 7) is 2.29. The summed E-state index contributed by atoms with van der Waals surface area (Å²) in [4.78, 5) is 11.1. The Balaban J connectivity index is 2.27. The Kier molecular flexibility index (Phi) is 3.75. The van der Waals surface area contributed by atoms with Gasteiger partial charge in [0, 0.05) is 5.56 Å². The lowest BCUT2D eigenvalue weighted by atomic mass is 10.00. The zero-order chi connectivity index (χ0) is 13.1. The lowest BCUT2D eigenvalue weighted by molar-refractivity contribution is -0.138. The lowest BCUT2D eigenvalue weighted by Gasteiger charge is -2.17. The molecule has 0 radical (unpaired) electrons. The number of hydrogen-bond donors (Lipinski definition) is 1. The van der Waals surface area contributed by atoms with Gasteiger partial charge in [0.25, 0.3) is 0 Å². The molecule has 0 saturated heterocycles. The van der Waals surface area contributed by atoms with Crippen molar-refractivity contribution in [3.8, 4) is 11.5 Å². The van der Waals surface area contributed by atoms with Crippen LogP contribution in [0.4, 0.5) is 0 Å². The summed E-state index contributed by atoms with van der Waals surface area (Å²) in [5.41, 5.74) is 0.669. The third-order valence-corrected chi connectivity index (χ3v) is 3.23. The molecule has 1 saturated carbocycles. The molecule has 1 atom stereocenters. The van der Waals surface area contributed by atoms with Crippen molar-refractivity contribution in [3.05, 3.63) is 23.8 Å². The van der Waals surface area contributed by atoms with Crippen LogP contribution in [0.25, 0.3) is 0 Å². The van der Waals surface area contributed by atoms with E-state index in [0.29, 0.717) is 29.6 Å². The normalized spacial score (nSPS) is 16.1. The molecule has 0 heterocycles. The van der Waals surface area contributed by atoms with Gasteiger partial charge in [-0.1, -0.05) is 12.1 Å². The fourth-order valence-electron chi connectivity index (χ4n) is 1.81. The molecule has 18 heavy (non-hydrogen) atoms. The van der Waals surface area contributed by atoms with E-state index in [1.54, 1.807) is 32.2 Å². The van der Waals surface area contributed by atoms with Crippen molar-refractivity contribution in [2.75, 3.05) is 13.7 Å². The molecule has 98 valence electrons. The van der Waals surface area contributed by atoms with Crippen molar-refractivity contribution in [3.63, 3.8) is 0 Å². The fourth-order valence-corrected chi connectivity index (χ4v) is 1.81. The van der Waals surface area contributed by atoms with Crippen LogP contribution in [-0.2, 0) is 4.79 Å². The molecule has 1 aliphatic carbocycles. The Labute approximate surface area is 107 Å². The zero-order valence-electron chi connectivity index (χ0n) is 10.7. The zero-order valence-corrected chi connectivity index (χ0v) is 10.7. The van der Waals surface area contributed by atoms with E-state index in [9.17, 15) is 4.79 Å². The first-order valence-electron chi connectivity index (χ1n) is 6.16. The van der Waals surface area contributed by atoms with Gasteiger partial charge in [-0.15, -0.1) is 0 Å². The Morgan fingerprint density at radius 1 is 1.50 bits per heavy atom. The number of methoxy groups -OCH3 is 1. The topological polar surface area (TPSA) is 55.8 Å². The molecular formula is C14H18O4. The minimum Gasteiger partial charge on any atom is -0.493 e. The predicted molar refractivity (Wildman–Crippen MR) is 67.3 cm³/mol. The molecule has 4 heteroatoms. The molecule has 1 aliphatic rings. The number of hydrogen-bond acceptors (Lipinski definition) is 3. The van der Waals surface area contributed by atoms with Gasteiger partial charge < -0.3 is 14.6 Å². The first-order valence-corrected chi connectivity index (χ1v) is 6.16. The van der Waals surface area contributed by atoms with Crippen molar-refractivity contribution in [1.29, 1.82) is 0 Å².